The molecule has 0 fully saturated rings. The summed E-state index contributed by atoms with van der Waals surface area (Å²) in [5.41, 5.74) is 2.86. The summed E-state index contributed by atoms with van der Waals surface area (Å²) in [6.45, 7) is 1.49. The summed E-state index contributed by atoms with van der Waals surface area (Å²) in [6.07, 6.45) is 0.684. The van der Waals surface area contributed by atoms with E-state index in [4.69, 9.17) is 4.52 Å². The molecule has 0 aliphatic carbocycles. The molecule has 0 aliphatic heterocycles. The van der Waals surface area contributed by atoms with Gasteiger partial charge in [-0.05, 0) is 11.1 Å². The average Bonchev–Trinajstić information content (AvgIpc) is 3.13. The molecule has 0 radical (unpaired) electrons. The Balaban J connectivity index is 1.56. The van der Waals surface area contributed by atoms with Crippen molar-refractivity contribution in [2.45, 2.75) is 25.5 Å². The SMILES string of the molecule is CC(=O)SCc1noc(CCC(=O)c2ccc(-c3ccccc3)cc2)n1. The van der Waals surface area contributed by atoms with Gasteiger partial charge >= 0.3 is 0 Å². The van der Waals surface area contributed by atoms with Crippen LogP contribution >= 0.6 is 11.8 Å². The summed E-state index contributed by atoms with van der Waals surface area (Å²) >= 11 is 1.13. The van der Waals surface area contributed by atoms with Crippen molar-refractivity contribution in [3.63, 3.8) is 0 Å². The number of carbonyl (C=O) groups is 2. The first-order valence-electron chi connectivity index (χ1n) is 8.25. The summed E-state index contributed by atoms with van der Waals surface area (Å²) in [4.78, 5) is 27.5. The molecule has 3 rings (SSSR count). The number of rotatable bonds is 7. The second-order valence-corrected chi connectivity index (χ2v) is 6.90. The smallest absolute Gasteiger partial charge is 0.227 e. The van der Waals surface area contributed by atoms with E-state index < -0.39 is 0 Å². The molecular formula is C20H18N2O3S. The van der Waals surface area contributed by atoms with Crippen LogP contribution in [0.5, 0.6) is 0 Å². The molecule has 3 aromatic rings. The third kappa shape index (κ3) is 4.89. The number of benzene rings is 2. The van der Waals surface area contributed by atoms with Crippen LogP contribution in [0, 0.1) is 0 Å². The molecule has 0 saturated heterocycles. The van der Waals surface area contributed by atoms with Crippen LogP contribution < -0.4 is 0 Å². The largest absolute Gasteiger partial charge is 0.339 e. The Bertz CT molecular complexity index is 889. The summed E-state index contributed by atoms with van der Waals surface area (Å²) in [5, 5.41) is 3.82. The Hall–Kier alpha value is -2.73. The van der Waals surface area contributed by atoms with Gasteiger partial charge in [-0.2, -0.15) is 4.98 Å². The van der Waals surface area contributed by atoms with Crippen molar-refractivity contribution < 1.29 is 14.1 Å². The Labute approximate surface area is 155 Å². The Morgan fingerprint density at radius 3 is 2.38 bits per heavy atom. The zero-order valence-electron chi connectivity index (χ0n) is 14.3. The van der Waals surface area contributed by atoms with Gasteiger partial charge in [-0.3, -0.25) is 9.59 Å². The Morgan fingerprint density at radius 2 is 1.69 bits per heavy atom. The quantitative estimate of drug-likeness (QED) is 0.580. The van der Waals surface area contributed by atoms with E-state index in [9.17, 15) is 9.59 Å². The first kappa shape index (κ1) is 18.1. The number of thioether (sulfide) groups is 1. The molecule has 0 aliphatic rings. The highest BCUT2D eigenvalue weighted by atomic mass is 32.2. The number of aromatic nitrogens is 2. The van der Waals surface area contributed by atoms with Gasteiger partial charge in [-0.1, -0.05) is 71.5 Å². The molecule has 132 valence electrons. The van der Waals surface area contributed by atoms with Gasteiger partial charge in [0.25, 0.3) is 0 Å². The van der Waals surface area contributed by atoms with Crippen molar-refractivity contribution in [1.82, 2.24) is 10.1 Å². The number of aryl methyl sites for hydroxylation is 1. The van der Waals surface area contributed by atoms with Gasteiger partial charge in [0.15, 0.2) is 16.7 Å². The highest BCUT2D eigenvalue weighted by Gasteiger charge is 2.11. The second-order valence-electron chi connectivity index (χ2n) is 5.75. The van der Waals surface area contributed by atoms with Crippen LogP contribution in [0.3, 0.4) is 0 Å². The molecule has 1 heterocycles. The van der Waals surface area contributed by atoms with Crippen LogP contribution in [0.1, 0.15) is 35.4 Å². The zero-order valence-corrected chi connectivity index (χ0v) is 15.2. The van der Waals surface area contributed by atoms with Crippen LogP contribution in [0.4, 0.5) is 0 Å². The summed E-state index contributed by atoms with van der Waals surface area (Å²) < 4.78 is 5.12. The minimum absolute atomic E-state index is 0.00507. The van der Waals surface area contributed by atoms with Crippen LogP contribution in [0.25, 0.3) is 11.1 Å². The lowest BCUT2D eigenvalue weighted by Gasteiger charge is -2.03. The van der Waals surface area contributed by atoms with Gasteiger partial charge in [0.05, 0.1) is 5.75 Å². The molecular weight excluding hydrogens is 348 g/mol. The lowest BCUT2D eigenvalue weighted by molar-refractivity contribution is -0.109. The maximum Gasteiger partial charge on any atom is 0.227 e. The molecule has 5 nitrogen and oxygen atoms in total. The first-order chi connectivity index (χ1) is 12.6. The highest BCUT2D eigenvalue weighted by Crippen LogP contribution is 2.20. The first-order valence-corrected chi connectivity index (χ1v) is 9.24. The fourth-order valence-electron chi connectivity index (χ4n) is 2.46. The van der Waals surface area contributed by atoms with Crippen molar-refractivity contribution in [2.75, 3.05) is 0 Å². The number of hydrogen-bond acceptors (Lipinski definition) is 6. The molecule has 2 aromatic carbocycles. The maximum atomic E-state index is 12.3. The second kappa shape index (κ2) is 8.58. The zero-order chi connectivity index (χ0) is 18.4. The van der Waals surface area contributed by atoms with Crippen LogP contribution in [-0.2, 0) is 17.0 Å². The van der Waals surface area contributed by atoms with Gasteiger partial charge in [-0.25, -0.2) is 0 Å². The number of carbonyl (C=O) groups excluding carboxylic acids is 2. The topological polar surface area (TPSA) is 73.1 Å². The standard InChI is InChI=1S/C20H18N2O3S/c1-14(23)26-13-19-21-20(25-22-19)12-11-18(24)17-9-7-16(8-10-17)15-5-3-2-4-6-15/h2-10H,11-13H2,1H3. The van der Waals surface area contributed by atoms with Crippen LogP contribution in [-0.4, -0.2) is 21.0 Å². The number of hydrogen-bond donors (Lipinski definition) is 0. The van der Waals surface area contributed by atoms with Crippen molar-refractivity contribution in [3.8, 4) is 11.1 Å². The van der Waals surface area contributed by atoms with Gasteiger partial charge < -0.3 is 4.52 Å². The molecule has 6 heteroatoms. The van der Waals surface area contributed by atoms with E-state index in [1.807, 2.05) is 54.6 Å². The van der Waals surface area contributed by atoms with Gasteiger partial charge in [0.1, 0.15) is 0 Å². The minimum Gasteiger partial charge on any atom is -0.339 e. The fourth-order valence-corrected chi connectivity index (χ4v) is 2.91. The molecule has 0 unspecified atom stereocenters. The number of nitrogens with zero attached hydrogens (tertiary/aromatic N) is 2. The lowest BCUT2D eigenvalue weighted by atomic mass is 10.0. The fraction of sp³-hybridized carbons (Fsp3) is 0.200. The van der Waals surface area contributed by atoms with E-state index >= 15 is 0 Å². The van der Waals surface area contributed by atoms with Gasteiger partial charge in [-0.15, -0.1) is 0 Å². The molecule has 0 bridgehead atoms. The monoisotopic (exact) mass is 366 g/mol. The molecule has 0 atom stereocenters. The summed E-state index contributed by atoms with van der Waals surface area (Å²) in [5.74, 6) is 1.30. The lowest BCUT2D eigenvalue weighted by Crippen LogP contribution is -2.01. The number of Topliss-reactive ketones (excluding diaryl/α,β-unsaturated/α-hetero) is 1. The molecule has 0 saturated carbocycles. The maximum absolute atomic E-state index is 12.3. The van der Waals surface area contributed by atoms with E-state index in [0.29, 0.717) is 35.9 Å². The summed E-state index contributed by atoms with van der Waals surface area (Å²) in [6, 6.07) is 17.6. The Morgan fingerprint density at radius 1 is 1.00 bits per heavy atom. The van der Waals surface area contributed by atoms with Crippen molar-refractivity contribution in [3.05, 3.63) is 71.9 Å². The average molecular weight is 366 g/mol. The van der Waals surface area contributed by atoms with E-state index in [1.54, 1.807) is 0 Å². The van der Waals surface area contributed by atoms with Crippen molar-refractivity contribution in [2.24, 2.45) is 0 Å². The third-order valence-corrected chi connectivity index (χ3v) is 4.60. The van der Waals surface area contributed by atoms with Gasteiger partial charge in [0.2, 0.25) is 5.89 Å². The summed E-state index contributed by atoms with van der Waals surface area (Å²) in [7, 11) is 0. The van der Waals surface area contributed by atoms with Crippen LogP contribution in [0.15, 0.2) is 59.1 Å². The predicted molar refractivity (Wildman–Crippen MR) is 101 cm³/mol. The molecule has 1 aromatic heterocycles. The van der Waals surface area contributed by atoms with Crippen molar-refractivity contribution in [1.29, 1.82) is 0 Å². The molecule has 0 amide bonds. The van der Waals surface area contributed by atoms with E-state index in [2.05, 4.69) is 10.1 Å². The molecule has 0 N–H and O–H groups in total. The molecule has 26 heavy (non-hydrogen) atoms. The minimum atomic E-state index is 0.00507. The van der Waals surface area contributed by atoms with Crippen LogP contribution in [0.2, 0.25) is 0 Å². The highest BCUT2D eigenvalue weighted by molar-refractivity contribution is 8.12. The normalized spacial score (nSPS) is 10.7. The number of ketones is 1. The van der Waals surface area contributed by atoms with Crippen molar-refractivity contribution >= 4 is 22.7 Å². The van der Waals surface area contributed by atoms with E-state index in [0.717, 1.165) is 22.9 Å². The third-order valence-electron chi connectivity index (χ3n) is 3.79. The van der Waals surface area contributed by atoms with E-state index in [1.165, 1.54) is 6.92 Å². The molecule has 0 spiro atoms. The predicted octanol–water partition coefficient (Wildman–Crippen LogP) is 4.33. The Kier molecular flexibility index (Phi) is 5.96. The van der Waals surface area contributed by atoms with Gasteiger partial charge in [0, 0.05) is 25.3 Å². The van der Waals surface area contributed by atoms with E-state index in [-0.39, 0.29) is 10.9 Å².